The minimum Gasteiger partial charge on any atom is -0.478 e. The van der Waals surface area contributed by atoms with Gasteiger partial charge in [-0.2, -0.15) is 0 Å². The highest BCUT2D eigenvalue weighted by Crippen LogP contribution is 2.11. The molecule has 0 spiro atoms. The third-order valence-corrected chi connectivity index (χ3v) is 2.70. The standard InChI is InChI=1S/C14H20O2/c1-11(2)5-3-4-6-12-7-9-13(10-8-12)14(15)16/h7-11H,3-6H2,1-2H3,(H,15,16). The third-order valence-electron chi connectivity index (χ3n) is 2.70. The van der Waals surface area contributed by atoms with Crippen molar-refractivity contribution in [1.82, 2.24) is 0 Å². The van der Waals surface area contributed by atoms with Crippen LogP contribution in [0.15, 0.2) is 24.3 Å². The molecular formula is C14H20O2. The summed E-state index contributed by atoms with van der Waals surface area (Å²) in [5, 5.41) is 8.75. The molecule has 0 saturated heterocycles. The lowest BCUT2D eigenvalue weighted by molar-refractivity contribution is 0.0697. The second-order valence-corrected chi connectivity index (χ2v) is 4.64. The average Bonchev–Trinajstić information content (AvgIpc) is 2.25. The van der Waals surface area contributed by atoms with E-state index in [0.29, 0.717) is 5.56 Å². The van der Waals surface area contributed by atoms with E-state index in [1.807, 2.05) is 12.1 Å². The summed E-state index contributed by atoms with van der Waals surface area (Å²) in [6, 6.07) is 7.19. The smallest absolute Gasteiger partial charge is 0.335 e. The Morgan fingerprint density at radius 3 is 2.31 bits per heavy atom. The molecule has 0 fully saturated rings. The van der Waals surface area contributed by atoms with E-state index in [-0.39, 0.29) is 0 Å². The van der Waals surface area contributed by atoms with Crippen molar-refractivity contribution in [1.29, 1.82) is 0 Å². The number of carboxylic acid groups (broad SMARTS) is 1. The van der Waals surface area contributed by atoms with Crippen LogP contribution in [0, 0.1) is 5.92 Å². The van der Waals surface area contributed by atoms with E-state index in [4.69, 9.17) is 5.11 Å². The summed E-state index contributed by atoms with van der Waals surface area (Å²) >= 11 is 0. The summed E-state index contributed by atoms with van der Waals surface area (Å²) in [5.41, 5.74) is 1.60. The predicted molar refractivity (Wildman–Crippen MR) is 65.8 cm³/mol. The first-order valence-corrected chi connectivity index (χ1v) is 5.92. The number of hydrogen-bond acceptors (Lipinski definition) is 1. The first-order chi connectivity index (χ1) is 7.59. The number of carbonyl (C=O) groups is 1. The van der Waals surface area contributed by atoms with Gasteiger partial charge >= 0.3 is 5.97 Å². The predicted octanol–water partition coefficient (Wildman–Crippen LogP) is 3.75. The number of benzene rings is 1. The summed E-state index contributed by atoms with van der Waals surface area (Å²) < 4.78 is 0. The molecule has 1 rings (SSSR count). The Morgan fingerprint density at radius 2 is 1.81 bits per heavy atom. The molecule has 2 nitrogen and oxygen atoms in total. The maximum absolute atomic E-state index is 10.6. The summed E-state index contributed by atoms with van der Waals surface area (Å²) in [6.45, 7) is 4.48. The highest BCUT2D eigenvalue weighted by molar-refractivity contribution is 5.87. The molecule has 0 aliphatic heterocycles. The van der Waals surface area contributed by atoms with Crippen LogP contribution in [0.5, 0.6) is 0 Å². The first-order valence-electron chi connectivity index (χ1n) is 5.92. The highest BCUT2D eigenvalue weighted by atomic mass is 16.4. The fourth-order valence-electron chi connectivity index (χ4n) is 1.70. The Bertz CT molecular complexity index is 325. The summed E-state index contributed by atoms with van der Waals surface area (Å²) in [7, 11) is 0. The molecule has 2 heteroatoms. The molecule has 88 valence electrons. The van der Waals surface area contributed by atoms with Gasteiger partial charge in [-0.3, -0.25) is 0 Å². The minimum atomic E-state index is -0.855. The molecule has 0 atom stereocenters. The van der Waals surface area contributed by atoms with Gasteiger partial charge in [-0.05, 0) is 36.5 Å². The van der Waals surface area contributed by atoms with Gasteiger partial charge in [-0.25, -0.2) is 4.79 Å². The lowest BCUT2D eigenvalue weighted by Crippen LogP contribution is -1.96. The van der Waals surface area contributed by atoms with Crippen LogP contribution in [0.25, 0.3) is 0 Å². The van der Waals surface area contributed by atoms with Crippen LogP contribution in [0.1, 0.15) is 49.0 Å². The Labute approximate surface area is 97.3 Å². The maximum Gasteiger partial charge on any atom is 0.335 e. The monoisotopic (exact) mass is 220 g/mol. The molecule has 1 aromatic carbocycles. The maximum atomic E-state index is 10.6. The largest absolute Gasteiger partial charge is 0.478 e. The van der Waals surface area contributed by atoms with Gasteiger partial charge in [0, 0.05) is 0 Å². The molecule has 1 aromatic rings. The van der Waals surface area contributed by atoms with Gasteiger partial charge in [0.2, 0.25) is 0 Å². The van der Waals surface area contributed by atoms with E-state index in [1.54, 1.807) is 12.1 Å². The average molecular weight is 220 g/mol. The quantitative estimate of drug-likeness (QED) is 0.741. The van der Waals surface area contributed by atoms with E-state index < -0.39 is 5.97 Å². The molecule has 0 heterocycles. The van der Waals surface area contributed by atoms with E-state index in [9.17, 15) is 4.79 Å². The number of carboxylic acids is 1. The van der Waals surface area contributed by atoms with Crippen molar-refractivity contribution in [3.05, 3.63) is 35.4 Å². The molecule has 0 unspecified atom stereocenters. The molecule has 0 aromatic heterocycles. The lowest BCUT2D eigenvalue weighted by atomic mass is 10.0. The second-order valence-electron chi connectivity index (χ2n) is 4.64. The molecule has 0 aliphatic rings. The number of unbranched alkanes of at least 4 members (excludes halogenated alkanes) is 1. The van der Waals surface area contributed by atoms with Crippen LogP contribution >= 0.6 is 0 Å². The molecule has 0 aliphatic carbocycles. The molecular weight excluding hydrogens is 200 g/mol. The van der Waals surface area contributed by atoms with Gasteiger partial charge in [-0.15, -0.1) is 0 Å². The van der Waals surface area contributed by atoms with Crippen LogP contribution in [0.3, 0.4) is 0 Å². The van der Waals surface area contributed by atoms with E-state index in [2.05, 4.69) is 13.8 Å². The Kier molecular flexibility index (Phi) is 5.03. The van der Waals surface area contributed by atoms with E-state index in [0.717, 1.165) is 12.3 Å². The van der Waals surface area contributed by atoms with Crippen LogP contribution in [0.2, 0.25) is 0 Å². The van der Waals surface area contributed by atoms with Gasteiger partial charge in [-0.1, -0.05) is 38.8 Å². The van der Waals surface area contributed by atoms with Crippen molar-refractivity contribution in [2.24, 2.45) is 5.92 Å². The van der Waals surface area contributed by atoms with Gasteiger partial charge in [0.15, 0.2) is 0 Å². The van der Waals surface area contributed by atoms with Crippen molar-refractivity contribution in [2.45, 2.75) is 39.5 Å². The van der Waals surface area contributed by atoms with Gasteiger partial charge < -0.3 is 5.11 Å². The molecule has 0 saturated carbocycles. The fraction of sp³-hybridized carbons (Fsp3) is 0.500. The van der Waals surface area contributed by atoms with Gasteiger partial charge in [0.1, 0.15) is 0 Å². The van der Waals surface area contributed by atoms with Crippen molar-refractivity contribution >= 4 is 5.97 Å². The topological polar surface area (TPSA) is 37.3 Å². The number of rotatable bonds is 6. The lowest BCUT2D eigenvalue weighted by Gasteiger charge is -2.04. The first kappa shape index (κ1) is 12.8. The van der Waals surface area contributed by atoms with Crippen molar-refractivity contribution in [2.75, 3.05) is 0 Å². The number of hydrogen-bond donors (Lipinski definition) is 1. The normalized spacial score (nSPS) is 10.7. The van der Waals surface area contributed by atoms with E-state index >= 15 is 0 Å². The second kappa shape index (κ2) is 6.31. The minimum absolute atomic E-state index is 0.367. The highest BCUT2D eigenvalue weighted by Gasteiger charge is 2.01. The van der Waals surface area contributed by atoms with Crippen molar-refractivity contribution in [3.8, 4) is 0 Å². The zero-order valence-electron chi connectivity index (χ0n) is 10.1. The Balaban J connectivity index is 2.35. The third kappa shape index (κ3) is 4.47. The fourth-order valence-corrected chi connectivity index (χ4v) is 1.70. The molecule has 0 amide bonds. The zero-order valence-corrected chi connectivity index (χ0v) is 10.1. The van der Waals surface area contributed by atoms with Crippen molar-refractivity contribution < 1.29 is 9.90 Å². The van der Waals surface area contributed by atoms with E-state index in [1.165, 1.54) is 24.8 Å². The zero-order chi connectivity index (χ0) is 12.0. The molecule has 0 bridgehead atoms. The van der Waals surface area contributed by atoms with Crippen molar-refractivity contribution in [3.63, 3.8) is 0 Å². The summed E-state index contributed by atoms with van der Waals surface area (Å²) in [6.07, 6.45) is 4.75. The van der Waals surface area contributed by atoms with Crippen LogP contribution < -0.4 is 0 Å². The van der Waals surface area contributed by atoms with Gasteiger partial charge in [0.05, 0.1) is 5.56 Å². The SMILES string of the molecule is CC(C)CCCCc1ccc(C(=O)O)cc1. The molecule has 16 heavy (non-hydrogen) atoms. The van der Waals surface area contributed by atoms with Crippen LogP contribution in [-0.4, -0.2) is 11.1 Å². The Hall–Kier alpha value is -1.31. The number of aryl methyl sites for hydroxylation is 1. The molecule has 0 radical (unpaired) electrons. The van der Waals surface area contributed by atoms with Crippen LogP contribution in [0.4, 0.5) is 0 Å². The Morgan fingerprint density at radius 1 is 1.19 bits per heavy atom. The molecule has 1 N–H and O–H groups in total. The number of aromatic carboxylic acids is 1. The summed E-state index contributed by atoms with van der Waals surface area (Å²) in [5.74, 6) is -0.0826. The summed E-state index contributed by atoms with van der Waals surface area (Å²) in [4.78, 5) is 10.6. The van der Waals surface area contributed by atoms with Crippen LogP contribution in [-0.2, 0) is 6.42 Å². The van der Waals surface area contributed by atoms with Gasteiger partial charge in [0.25, 0.3) is 0 Å².